The molecular formula is C17H24N4O2. The highest BCUT2D eigenvalue weighted by Crippen LogP contribution is 2.26. The molecule has 2 aromatic rings. The van der Waals surface area contributed by atoms with Crippen molar-refractivity contribution in [3.05, 3.63) is 35.9 Å². The number of nitrogens with one attached hydrogen (secondary N) is 1. The van der Waals surface area contributed by atoms with E-state index in [2.05, 4.69) is 27.1 Å². The summed E-state index contributed by atoms with van der Waals surface area (Å²) in [6.07, 6.45) is 5.23. The van der Waals surface area contributed by atoms with Gasteiger partial charge in [-0.1, -0.05) is 25.0 Å². The van der Waals surface area contributed by atoms with Gasteiger partial charge in [0.15, 0.2) is 23.1 Å². The second-order valence-electron chi connectivity index (χ2n) is 5.99. The Bertz CT molecular complexity index is 623. The highest BCUT2D eigenvalue weighted by molar-refractivity contribution is 5.39. The first-order valence-corrected chi connectivity index (χ1v) is 8.12. The van der Waals surface area contributed by atoms with Gasteiger partial charge in [0.25, 0.3) is 0 Å². The van der Waals surface area contributed by atoms with E-state index >= 15 is 0 Å². The molecule has 23 heavy (non-hydrogen) atoms. The van der Waals surface area contributed by atoms with Gasteiger partial charge in [-0.2, -0.15) is 5.10 Å². The Kier molecular flexibility index (Phi) is 5.12. The standard InChI is InChI=1S/C17H24N4O2/c1-21(13-7-3-4-8-13)11-16-18-17(20-19-16)12-23-15-10-6-5-9-14(15)22-2/h5-6,9-10,13H,3-4,7-8,11-12H2,1-2H3,(H,18,19,20). The second kappa shape index (κ2) is 7.46. The fourth-order valence-electron chi connectivity index (χ4n) is 3.05. The van der Waals surface area contributed by atoms with Crippen molar-refractivity contribution in [2.45, 2.75) is 44.9 Å². The van der Waals surface area contributed by atoms with Gasteiger partial charge in [0, 0.05) is 6.04 Å². The van der Waals surface area contributed by atoms with E-state index in [1.165, 1.54) is 25.7 Å². The average molecular weight is 316 g/mol. The Balaban J connectivity index is 1.54. The van der Waals surface area contributed by atoms with Gasteiger partial charge in [-0.25, -0.2) is 4.98 Å². The van der Waals surface area contributed by atoms with E-state index in [9.17, 15) is 0 Å². The molecule has 1 saturated carbocycles. The molecule has 1 heterocycles. The van der Waals surface area contributed by atoms with Crippen molar-refractivity contribution >= 4 is 0 Å². The summed E-state index contributed by atoms with van der Waals surface area (Å²) in [5, 5.41) is 7.25. The Hall–Kier alpha value is -2.08. The lowest BCUT2D eigenvalue weighted by Crippen LogP contribution is -2.29. The maximum atomic E-state index is 5.76. The summed E-state index contributed by atoms with van der Waals surface area (Å²) in [6.45, 7) is 1.12. The number of methoxy groups -OCH3 is 1. The first-order valence-electron chi connectivity index (χ1n) is 8.12. The monoisotopic (exact) mass is 316 g/mol. The SMILES string of the molecule is COc1ccccc1OCc1nc(CN(C)C2CCCC2)n[nH]1. The number of hydrogen-bond donors (Lipinski definition) is 1. The lowest BCUT2D eigenvalue weighted by molar-refractivity contribution is 0.231. The lowest BCUT2D eigenvalue weighted by atomic mass is 10.2. The van der Waals surface area contributed by atoms with Crippen molar-refractivity contribution < 1.29 is 9.47 Å². The van der Waals surface area contributed by atoms with E-state index in [0.717, 1.165) is 18.2 Å². The van der Waals surface area contributed by atoms with Crippen molar-refractivity contribution in [1.29, 1.82) is 0 Å². The Labute approximate surface area is 136 Å². The minimum atomic E-state index is 0.348. The Morgan fingerprint density at radius 3 is 2.70 bits per heavy atom. The maximum Gasteiger partial charge on any atom is 0.164 e. The normalized spacial score (nSPS) is 15.3. The molecule has 0 bridgehead atoms. The van der Waals surface area contributed by atoms with Crippen molar-refractivity contribution in [3.63, 3.8) is 0 Å². The van der Waals surface area contributed by atoms with Crippen LogP contribution in [-0.2, 0) is 13.2 Å². The molecule has 0 spiro atoms. The van der Waals surface area contributed by atoms with Crippen LogP contribution in [0.1, 0.15) is 37.3 Å². The first kappa shape index (κ1) is 15.8. The maximum absolute atomic E-state index is 5.76. The van der Waals surface area contributed by atoms with Gasteiger partial charge in [0.05, 0.1) is 13.7 Å². The minimum Gasteiger partial charge on any atom is -0.493 e. The van der Waals surface area contributed by atoms with Gasteiger partial charge in [-0.3, -0.25) is 10.00 Å². The fraction of sp³-hybridized carbons (Fsp3) is 0.529. The fourth-order valence-corrected chi connectivity index (χ4v) is 3.05. The third-order valence-electron chi connectivity index (χ3n) is 4.35. The van der Waals surface area contributed by atoms with E-state index in [4.69, 9.17) is 9.47 Å². The van der Waals surface area contributed by atoms with Crippen LogP contribution in [0.25, 0.3) is 0 Å². The second-order valence-corrected chi connectivity index (χ2v) is 5.99. The van der Waals surface area contributed by atoms with E-state index in [-0.39, 0.29) is 0 Å². The Morgan fingerprint density at radius 2 is 1.96 bits per heavy atom. The van der Waals surface area contributed by atoms with E-state index in [0.29, 0.717) is 24.1 Å². The molecule has 0 radical (unpaired) electrons. The topological polar surface area (TPSA) is 63.3 Å². The number of nitrogens with zero attached hydrogens (tertiary/aromatic N) is 3. The number of H-pyrrole nitrogens is 1. The number of rotatable bonds is 7. The molecule has 124 valence electrons. The zero-order valence-corrected chi connectivity index (χ0v) is 13.8. The molecule has 6 heteroatoms. The van der Waals surface area contributed by atoms with Crippen molar-refractivity contribution in [2.24, 2.45) is 0 Å². The third kappa shape index (κ3) is 4.01. The summed E-state index contributed by atoms with van der Waals surface area (Å²) in [5.74, 6) is 2.97. The van der Waals surface area contributed by atoms with Crippen LogP contribution < -0.4 is 9.47 Å². The molecular weight excluding hydrogens is 292 g/mol. The van der Waals surface area contributed by atoms with Gasteiger partial charge < -0.3 is 9.47 Å². The molecule has 0 saturated heterocycles. The number of aromatic nitrogens is 3. The molecule has 1 aromatic carbocycles. The van der Waals surface area contributed by atoms with Gasteiger partial charge in [0.1, 0.15) is 6.61 Å². The lowest BCUT2D eigenvalue weighted by Gasteiger charge is -2.22. The van der Waals surface area contributed by atoms with Crippen molar-refractivity contribution in [2.75, 3.05) is 14.2 Å². The summed E-state index contributed by atoms with van der Waals surface area (Å²) < 4.78 is 11.0. The molecule has 0 aliphatic heterocycles. The van der Waals surface area contributed by atoms with Crippen molar-refractivity contribution in [3.8, 4) is 11.5 Å². The van der Waals surface area contributed by atoms with Crippen molar-refractivity contribution in [1.82, 2.24) is 20.1 Å². The highest BCUT2D eigenvalue weighted by atomic mass is 16.5. The van der Waals surface area contributed by atoms with Crippen LogP contribution >= 0.6 is 0 Å². The first-order chi connectivity index (χ1) is 11.3. The smallest absolute Gasteiger partial charge is 0.164 e. The number of para-hydroxylation sites is 2. The zero-order chi connectivity index (χ0) is 16.1. The quantitative estimate of drug-likeness (QED) is 0.851. The van der Waals surface area contributed by atoms with Gasteiger partial charge in [-0.05, 0) is 32.0 Å². The average Bonchev–Trinajstić information content (AvgIpc) is 3.25. The van der Waals surface area contributed by atoms with Gasteiger partial charge >= 0.3 is 0 Å². The molecule has 1 N–H and O–H groups in total. The summed E-state index contributed by atoms with van der Waals surface area (Å²) in [4.78, 5) is 6.87. The van der Waals surface area contributed by atoms with E-state index < -0.39 is 0 Å². The summed E-state index contributed by atoms with van der Waals surface area (Å²) in [5.41, 5.74) is 0. The van der Waals surface area contributed by atoms with Crippen LogP contribution in [0, 0.1) is 0 Å². The molecule has 0 unspecified atom stereocenters. The molecule has 3 rings (SSSR count). The molecule has 1 aliphatic carbocycles. The van der Waals surface area contributed by atoms with Crippen LogP contribution in [0.4, 0.5) is 0 Å². The zero-order valence-electron chi connectivity index (χ0n) is 13.8. The predicted molar refractivity (Wildman–Crippen MR) is 87.4 cm³/mol. The van der Waals surface area contributed by atoms with E-state index in [1.54, 1.807) is 7.11 Å². The van der Waals surface area contributed by atoms with Crippen LogP contribution in [-0.4, -0.2) is 40.3 Å². The Morgan fingerprint density at radius 1 is 1.22 bits per heavy atom. The molecule has 1 aromatic heterocycles. The van der Waals surface area contributed by atoms with E-state index in [1.807, 2.05) is 24.3 Å². The third-order valence-corrected chi connectivity index (χ3v) is 4.35. The number of ether oxygens (including phenoxy) is 2. The minimum absolute atomic E-state index is 0.348. The van der Waals surface area contributed by atoms with Gasteiger partial charge in [-0.15, -0.1) is 0 Å². The van der Waals surface area contributed by atoms with Crippen LogP contribution in [0.5, 0.6) is 11.5 Å². The van der Waals surface area contributed by atoms with Crippen LogP contribution in [0.3, 0.4) is 0 Å². The molecule has 6 nitrogen and oxygen atoms in total. The predicted octanol–water partition coefficient (Wildman–Crippen LogP) is 2.77. The van der Waals surface area contributed by atoms with Crippen LogP contribution in [0.2, 0.25) is 0 Å². The highest BCUT2D eigenvalue weighted by Gasteiger charge is 2.20. The summed E-state index contributed by atoms with van der Waals surface area (Å²) >= 11 is 0. The van der Waals surface area contributed by atoms with Crippen LogP contribution in [0.15, 0.2) is 24.3 Å². The molecule has 0 amide bonds. The van der Waals surface area contributed by atoms with Gasteiger partial charge in [0.2, 0.25) is 0 Å². The molecule has 1 fully saturated rings. The molecule has 0 atom stereocenters. The number of benzene rings is 1. The summed E-state index contributed by atoms with van der Waals surface area (Å²) in [7, 11) is 3.78. The largest absolute Gasteiger partial charge is 0.493 e. The molecule has 1 aliphatic rings. The summed E-state index contributed by atoms with van der Waals surface area (Å²) in [6, 6.07) is 8.25. The number of hydrogen-bond acceptors (Lipinski definition) is 5. The number of aromatic amines is 1.